The molecule has 0 aromatic heterocycles. The van der Waals surface area contributed by atoms with Crippen molar-refractivity contribution in [3.8, 4) is 0 Å². The summed E-state index contributed by atoms with van der Waals surface area (Å²) >= 11 is 0. The number of methoxy groups -OCH3 is 1. The van der Waals surface area contributed by atoms with E-state index in [-0.39, 0.29) is 18.1 Å². The summed E-state index contributed by atoms with van der Waals surface area (Å²) in [6, 6.07) is -0.0213. The van der Waals surface area contributed by atoms with Crippen LogP contribution in [0, 0.1) is 0 Å². The molecule has 1 saturated heterocycles. The molecule has 1 heterocycles. The number of hydrogen-bond acceptors (Lipinski definition) is 5. The molecule has 0 saturated carbocycles. The molecule has 0 aliphatic carbocycles. The van der Waals surface area contributed by atoms with Crippen molar-refractivity contribution in [1.29, 1.82) is 0 Å². The minimum Gasteiger partial charge on any atom is -0.468 e. The van der Waals surface area contributed by atoms with Crippen LogP contribution < -0.4 is 5.32 Å². The molecule has 2 unspecified atom stereocenters. The van der Waals surface area contributed by atoms with E-state index in [1.807, 2.05) is 0 Å². The molecular weight excluding hydrogens is 186 g/mol. The number of rotatable bonds is 4. The zero-order chi connectivity index (χ0) is 10.4. The first-order valence-electron chi connectivity index (χ1n) is 4.77. The molecule has 0 radical (unpaired) electrons. The van der Waals surface area contributed by atoms with Crippen molar-refractivity contribution in [2.45, 2.75) is 31.3 Å². The molecule has 1 fully saturated rings. The molecule has 1 aliphatic heterocycles. The highest BCUT2D eigenvalue weighted by Gasteiger charge is 2.26. The maximum absolute atomic E-state index is 11.2. The Hall–Kier alpha value is -0.650. The lowest BCUT2D eigenvalue weighted by atomic mass is 9.99. The van der Waals surface area contributed by atoms with Gasteiger partial charge in [0.05, 0.1) is 20.8 Å². The van der Waals surface area contributed by atoms with Crippen LogP contribution in [-0.2, 0) is 19.3 Å². The highest BCUT2D eigenvalue weighted by Crippen LogP contribution is 2.13. The predicted octanol–water partition coefficient (Wildman–Crippen LogP) is 0.248. The largest absolute Gasteiger partial charge is 0.468 e. The maximum Gasteiger partial charge on any atom is 0.322 e. The second kappa shape index (κ2) is 5.95. The molecule has 0 spiro atoms. The fourth-order valence-corrected chi connectivity index (χ4v) is 1.63. The highest BCUT2D eigenvalue weighted by atomic mass is 17.2. The molecule has 1 N–H and O–H groups in total. The van der Waals surface area contributed by atoms with E-state index in [0.717, 1.165) is 19.3 Å². The Morgan fingerprint density at radius 2 is 2.21 bits per heavy atom. The van der Waals surface area contributed by atoms with E-state index in [9.17, 15) is 4.79 Å². The van der Waals surface area contributed by atoms with E-state index in [0.29, 0.717) is 6.61 Å². The molecule has 1 aliphatic rings. The van der Waals surface area contributed by atoms with Gasteiger partial charge in [0.2, 0.25) is 0 Å². The zero-order valence-corrected chi connectivity index (χ0v) is 8.62. The Morgan fingerprint density at radius 1 is 1.43 bits per heavy atom. The lowest BCUT2D eigenvalue weighted by Crippen LogP contribution is -2.49. The first kappa shape index (κ1) is 11.4. The summed E-state index contributed by atoms with van der Waals surface area (Å²) in [5.74, 6) is -0.202. The van der Waals surface area contributed by atoms with E-state index < -0.39 is 0 Å². The normalized spacial score (nSPS) is 27.3. The van der Waals surface area contributed by atoms with Gasteiger partial charge in [0.25, 0.3) is 0 Å². The molecule has 2 atom stereocenters. The SMILES string of the molecule is COOCC1CCCC(C(=O)OC)N1. The van der Waals surface area contributed by atoms with Crippen molar-refractivity contribution in [2.75, 3.05) is 20.8 Å². The van der Waals surface area contributed by atoms with Crippen LogP contribution in [0.5, 0.6) is 0 Å². The van der Waals surface area contributed by atoms with Gasteiger partial charge in [0, 0.05) is 6.04 Å². The van der Waals surface area contributed by atoms with Crippen LogP contribution in [-0.4, -0.2) is 38.9 Å². The molecular formula is C9H17NO4. The van der Waals surface area contributed by atoms with Gasteiger partial charge in [-0.3, -0.25) is 10.1 Å². The number of nitrogens with one attached hydrogen (secondary N) is 1. The lowest BCUT2D eigenvalue weighted by Gasteiger charge is -2.28. The first-order chi connectivity index (χ1) is 6.77. The highest BCUT2D eigenvalue weighted by molar-refractivity contribution is 5.75. The molecule has 1 rings (SSSR count). The van der Waals surface area contributed by atoms with Gasteiger partial charge in [-0.15, -0.1) is 0 Å². The summed E-state index contributed by atoms with van der Waals surface area (Å²) in [5, 5.41) is 3.16. The first-order valence-corrected chi connectivity index (χ1v) is 4.77. The summed E-state index contributed by atoms with van der Waals surface area (Å²) in [6.07, 6.45) is 2.83. The number of ether oxygens (including phenoxy) is 1. The Labute approximate surface area is 83.6 Å². The second-order valence-corrected chi connectivity index (χ2v) is 3.32. The van der Waals surface area contributed by atoms with E-state index >= 15 is 0 Å². The third-order valence-electron chi connectivity index (χ3n) is 2.36. The molecule has 0 aromatic rings. The van der Waals surface area contributed by atoms with E-state index in [1.54, 1.807) is 0 Å². The lowest BCUT2D eigenvalue weighted by molar-refractivity contribution is -0.277. The molecule has 0 bridgehead atoms. The number of piperidine rings is 1. The number of hydrogen-bond donors (Lipinski definition) is 1. The van der Waals surface area contributed by atoms with Gasteiger partial charge in [-0.05, 0) is 19.3 Å². The monoisotopic (exact) mass is 203 g/mol. The van der Waals surface area contributed by atoms with Crippen molar-refractivity contribution in [3.63, 3.8) is 0 Å². The predicted molar refractivity (Wildman–Crippen MR) is 49.5 cm³/mol. The van der Waals surface area contributed by atoms with Gasteiger partial charge in [-0.25, -0.2) is 9.78 Å². The fourth-order valence-electron chi connectivity index (χ4n) is 1.63. The number of esters is 1. The van der Waals surface area contributed by atoms with Crippen LogP contribution in [0.15, 0.2) is 0 Å². The van der Waals surface area contributed by atoms with Crippen molar-refractivity contribution < 1.29 is 19.3 Å². The standard InChI is InChI=1S/C9H17NO4/c1-12-9(11)8-5-3-4-7(10-8)6-14-13-2/h7-8,10H,3-6H2,1-2H3. The molecule has 14 heavy (non-hydrogen) atoms. The van der Waals surface area contributed by atoms with Crippen molar-refractivity contribution >= 4 is 5.97 Å². The van der Waals surface area contributed by atoms with Gasteiger partial charge in [0.1, 0.15) is 6.04 Å². The maximum atomic E-state index is 11.2. The summed E-state index contributed by atoms with van der Waals surface area (Å²) in [5.41, 5.74) is 0. The van der Waals surface area contributed by atoms with Crippen LogP contribution in [0.3, 0.4) is 0 Å². The van der Waals surface area contributed by atoms with Crippen molar-refractivity contribution in [1.82, 2.24) is 5.32 Å². The summed E-state index contributed by atoms with van der Waals surface area (Å²) in [6.45, 7) is 0.462. The average molecular weight is 203 g/mol. The van der Waals surface area contributed by atoms with E-state index in [4.69, 9.17) is 4.89 Å². The van der Waals surface area contributed by atoms with E-state index in [1.165, 1.54) is 14.2 Å². The quantitative estimate of drug-likeness (QED) is 0.403. The summed E-state index contributed by atoms with van der Waals surface area (Å²) < 4.78 is 4.67. The van der Waals surface area contributed by atoms with Gasteiger partial charge in [-0.2, -0.15) is 0 Å². The van der Waals surface area contributed by atoms with Crippen LogP contribution in [0.1, 0.15) is 19.3 Å². The molecule has 82 valence electrons. The third-order valence-corrected chi connectivity index (χ3v) is 2.36. The van der Waals surface area contributed by atoms with Crippen molar-refractivity contribution in [2.24, 2.45) is 0 Å². The number of carbonyl (C=O) groups excluding carboxylic acids is 1. The Bertz CT molecular complexity index is 186. The second-order valence-electron chi connectivity index (χ2n) is 3.32. The van der Waals surface area contributed by atoms with Gasteiger partial charge in [-0.1, -0.05) is 0 Å². The third kappa shape index (κ3) is 3.25. The zero-order valence-electron chi connectivity index (χ0n) is 8.62. The molecule has 5 heteroatoms. The Morgan fingerprint density at radius 3 is 2.86 bits per heavy atom. The Balaban J connectivity index is 2.31. The minimum absolute atomic E-state index is 0.174. The minimum atomic E-state index is -0.202. The summed E-state index contributed by atoms with van der Waals surface area (Å²) in [4.78, 5) is 20.6. The van der Waals surface area contributed by atoms with Crippen LogP contribution in [0.4, 0.5) is 0 Å². The van der Waals surface area contributed by atoms with Gasteiger partial charge in [0.15, 0.2) is 0 Å². The van der Waals surface area contributed by atoms with Gasteiger partial charge < -0.3 is 4.74 Å². The topological polar surface area (TPSA) is 56.8 Å². The van der Waals surface area contributed by atoms with Gasteiger partial charge >= 0.3 is 5.97 Å². The fraction of sp³-hybridized carbons (Fsp3) is 0.889. The number of carbonyl (C=O) groups is 1. The van der Waals surface area contributed by atoms with Crippen LogP contribution in [0.2, 0.25) is 0 Å². The summed E-state index contributed by atoms with van der Waals surface area (Å²) in [7, 11) is 2.87. The average Bonchev–Trinajstić information content (AvgIpc) is 2.25. The Kier molecular flexibility index (Phi) is 4.86. The smallest absolute Gasteiger partial charge is 0.322 e. The van der Waals surface area contributed by atoms with Crippen LogP contribution in [0.25, 0.3) is 0 Å². The molecule has 0 amide bonds. The van der Waals surface area contributed by atoms with E-state index in [2.05, 4.69) is 14.9 Å². The van der Waals surface area contributed by atoms with Crippen LogP contribution >= 0.6 is 0 Å². The molecule has 5 nitrogen and oxygen atoms in total. The van der Waals surface area contributed by atoms with Crippen molar-refractivity contribution in [3.05, 3.63) is 0 Å². The molecule has 0 aromatic carbocycles.